The molecule has 0 aromatic heterocycles. The third-order valence-electron chi connectivity index (χ3n) is 2.47. The Morgan fingerprint density at radius 3 is 2.47 bits per heavy atom. The topological polar surface area (TPSA) is 78.2 Å². The molecule has 0 aliphatic heterocycles. The van der Waals surface area contributed by atoms with Crippen molar-refractivity contribution in [1.29, 1.82) is 5.26 Å². The molecule has 0 bridgehead atoms. The van der Waals surface area contributed by atoms with Crippen LogP contribution in [0.3, 0.4) is 0 Å². The zero-order valence-electron chi connectivity index (χ0n) is 10.3. The van der Waals surface area contributed by atoms with Gasteiger partial charge in [-0.2, -0.15) is 5.26 Å². The van der Waals surface area contributed by atoms with Gasteiger partial charge in [0.25, 0.3) is 0 Å². The molecule has 1 rings (SSSR count). The number of carbonyl (C=O) groups excluding carboxylic acids is 1. The van der Waals surface area contributed by atoms with E-state index in [2.05, 4.69) is 0 Å². The Kier molecular flexibility index (Phi) is 5.33. The average molecular weight is 301 g/mol. The van der Waals surface area contributed by atoms with Crippen LogP contribution >= 0.6 is 11.6 Å². The van der Waals surface area contributed by atoms with Crippen molar-refractivity contribution in [2.75, 3.05) is 19.3 Å². The number of hydrogen-bond donors (Lipinski definition) is 0. The van der Waals surface area contributed by atoms with Gasteiger partial charge < -0.3 is 4.90 Å². The monoisotopic (exact) mass is 300 g/mol. The summed E-state index contributed by atoms with van der Waals surface area (Å²) >= 11 is 5.67. The maximum atomic E-state index is 12.0. The Morgan fingerprint density at radius 2 is 1.95 bits per heavy atom. The van der Waals surface area contributed by atoms with E-state index in [0.717, 1.165) is 0 Å². The molecule has 0 N–H and O–H groups in total. The number of sulfone groups is 1. The molecule has 7 heteroatoms. The highest BCUT2D eigenvalue weighted by Crippen LogP contribution is 2.15. The highest BCUT2D eigenvalue weighted by Gasteiger charge is 2.21. The zero-order chi connectivity index (χ0) is 14.5. The SMILES string of the molecule is CN(CCC#N)C(=O)CS(=O)(=O)c1ccc(Cl)cc1. The molecule has 1 aromatic rings. The van der Waals surface area contributed by atoms with E-state index < -0.39 is 21.5 Å². The molecule has 19 heavy (non-hydrogen) atoms. The van der Waals surface area contributed by atoms with Crippen molar-refractivity contribution in [3.63, 3.8) is 0 Å². The molecule has 0 atom stereocenters. The van der Waals surface area contributed by atoms with Crippen LogP contribution in [0.15, 0.2) is 29.2 Å². The van der Waals surface area contributed by atoms with E-state index in [1.165, 1.54) is 36.2 Å². The summed E-state index contributed by atoms with van der Waals surface area (Å²) in [5.41, 5.74) is 0. The zero-order valence-corrected chi connectivity index (χ0v) is 11.9. The first-order valence-electron chi connectivity index (χ1n) is 5.46. The summed E-state index contributed by atoms with van der Waals surface area (Å²) in [7, 11) is -2.21. The second kappa shape index (κ2) is 6.55. The summed E-state index contributed by atoms with van der Waals surface area (Å²) < 4.78 is 24.0. The van der Waals surface area contributed by atoms with Gasteiger partial charge in [0.15, 0.2) is 9.84 Å². The van der Waals surface area contributed by atoms with Gasteiger partial charge in [-0.3, -0.25) is 4.79 Å². The van der Waals surface area contributed by atoms with Gasteiger partial charge in [-0.25, -0.2) is 8.42 Å². The highest BCUT2D eigenvalue weighted by atomic mass is 35.5. The van der Waals surface area contributed by atoms with Crippen LogP contribution in [0.25, 0.3) is 0 Å². The lowest BCUT2D eigenvalue weighted by molar-refractivity contribution is -0.127. The normalized spacial score (nSPS) is 10.8. The van der Waals surface area contributed by atoms with E-state index in [0.29, 0.717) is 5.02 Å². The number of carbonyl (C=O) groups is 1. The van der Waals surface area contributed by atoms with Crippen LogP contribution in [0.5, 0.6) is 0 Å². The number of nitrogens with zero attached hydrogens (tertiary/aromatic N) is 2. The summed E-state index contributed by atoms with van der Waals surface area (Å²) in [5.74, 6) is -1.15. The number of benzene rings is 1. The third kappa shape index (κ3) is 4.54. The Hall–Kier alpha value is -1.58. The van der Waals surface area contributed by atoms with Crippen LogP contribution in [0.2, 0.25) is 5.02 Å². The van der Waals surface area contributed by atoms with E-state index in [4.69, 9.17) is 16.9 Å². The van der Waals surface area contributed by atoms with Crippen LogP contribution in [-0.2, 0) is 14.6 Å². The molecule has 0 aliphatic rings. The predicted molar refractivity (Wildman–Crippen MR) is 71.4 cm³/mol. The van der Waals surface area contributed by atoms with E-state index in [1.807, 2.05) is 6.07 Å². The molecular weight excluding hydrogens is 288 g/mol. The van der Waals surface area contributed by atoms with Gasteiger partial charge in [0.1, 0.15) is 5.75 Å². The first-order chi connectivity index (χ1) is 8.86. The molecule has 1 aromatic carbocycles. The molecule has 0 heterocycles. The summed E-state index contributed by atoms with van der Waals surface area (Å²) in [5, 5.41) is 8.84. The van der Waals surface area contributed by atoms with Crippen LogP contribution < -0.4 is 0 Å². The lowest BCUT2D eigenvalue weighted by Crippen LogP contribution is -2.33. The Labute approximate surface area is 117 Å². The molecule has 0 saturated heterocycles. The molecule has 0 saturated carbocycles. The standard InChI is InChI=1S/C12H13ClN2O3S/c1-15(8-2-7-14)12(16)9-19(17,18)11-5-3-10(13)4-6-11/h3-6H,2,8-9H2,1H3. The summed E-state index contributed by atoms with van der Waals surface area (Å²) in [6.45, 7) is 0.214. The first-order valence-corrected chi connectivity index (χ1v) is 7.49. The molecule has 0 aliphatic carbocycles. The van der Waals surface area contributed by atoms with Crippen molar-refractivity contribution >= 4 is 27.3 Å². The van der Waals surface area contributed by atoms with Crippen LogP contribution in [0, 0.1) is 11.3 Å². The third-order valence-corrected chi connectivity index (χ3v) is 4.34. The van der Waals surface area contributed by atoms with Gasteiger partial charge in [-0.15, -0.1) is 0 Å². The summed E-state index contributed by atoms with van der Waals surface area (Å²) in [4.78, 5) is 13.0. The van der Waals surface area contributed by atoms with Crippen molar-refractivity contribution in [1.82, 2.24) is 4.90 Å². The first kappa shape index (κ1) is 15.5. The lowest BCUT2D eigenvalue weighted by atomic mass is 10.4. The number of halogens is 1. The van der Waals surface area contributed by atoms with Crippen molar-refractivity contribution < 1.29 is 13.2 Å². The Balaban J connectivity index is 2.78. The number of hydrogen-bond acceptors (Lipinski definition) is 4. The highest BCUT2D eigenvalue weighted by molar-refractivity contribution is 7.92. The van der Waals surface area contributed by atoms with Gasteiger partial charge in [0.2, 0.25) is 5.91 Å². The fourth-order valence-corrected chi connectivity index (χ4v) is 2.73. The number of amides is 1. The van der Waals surface area contributed by atoms with Gasteiger partial charge >= 0.3 is 0 Å². The maximum Gasteiger partial charge on any atom is 0.237 e. The molecular formula is C12H13ClN2O3S. The second-order valence-electron chi connectivity index (χ2n) is 3.94. The minimum atomic E-state index is -3.68. The predicted octanol–water partition coefficient (Wildman–Crippen LogP) is 1.49. The summed E-state index contributed by atoms with van der Waals surface area (Å²) in [6, 6.07) is 7.53. The smallest absolute Gasteiger partial charge is 0.237 e. The van der Waals surface area contributed by atoms with Gasteiger partial charge in [0.05, 0.1) is 17.4 Å². The molecule has 1 amide bonds. The molecule has 0 spiro atoms. The van der Waals surface area contributed by atoms with E-state index >= 15 is 0 Å². The van der Waals surface area contributed by atoms with Gasteiger partial charge in [0, 0.05) is 18.6 Å². The van der Waals surface area contributed by atoms with Crippen LogP contribution in [0.1, 0.15) is 6.42 Å². The van der Waals surface area contributed by atoms with Crippen LogP contribution in [0.4, 0.5) is 0 Å². The Bertz CT molecular complexity index is 590. The molecule has 0 unspecified atom stereocenters. The largest absolute Gasteiger partial charge is 0.344 e. The van der Waals surface area contributed by atoms with Crippen molar-refractivity contribution in [2.24, 2.45) is 0 Å². The second-order valence-corrected chi connectivity index (χ2v) is 6.36. The van der Waals surface area contributed by atoms with E-state index in [-0.39, 0.29) is 17.9 Å². The van der Waals surface area contributed by atoms with Gasteiger partial charge in [-0.1, -0.05) is 11.6 Å². The van der Waals surface area contributed by atoms with Crippen molar-refractivity contribution in [2.45, 2.75) is 11.3 Å². The Morgan fingerprint density at radius 1 is 1.37 bits per heavy atom. The minimum Gasteiger partial charge on any atom is -0.344 e. The summed E-state index contributed by atoms with van der Waals surface area (Å²) in [6.07, 6.45) is 0.170. The quantitative estimate of drug-likeness (QED) is 0.825. The molecule has 0 radical (unpaired) electrons. The fourth-order valence-electron chi connectivity index (χ4n) is 1.34. The van der Waals surface area contributed by atoms with Gasteiger partial charge in [-0.05, 0) is 24.3 Å². The number of nitriles is 1. The molecule has 0 fully saturated rings. The number of rotatable bonds is 5. The maximum absolute atomic E-state index is 12.0. The van der Waals surface area contributed by atoms with Crippen molar-refractivity contribution in [3.05, 3.63) is 29.3 Å². The van der Waals surface area contributed by atoms with Crippen LogP contribution in [-0.4, -0.2) is 38.6 Å². The molecule has 102 valence electrons. The average Bonchev–Trinajstić information content (AvgIpc) is 2.35. The molecule has 5 nitrogen and oxygen atoms in total. The van der Waals surface area contributed by atoms with E-state index in [1.54, 1.807) is 0 Å². The van der Waals surface area contributed by atoms with Crippen molar-refractivity contribution in [3.8, 4) is 6.07 Å². The van der Waals surface area contributed by atoms with E-state index in [9.17, 15) is 13.2 Å². The minimum absolute atomic E-state index is 0.0546. The lowest BCUT2D eigenvalue weighted by Gasteiger charge is -2.15. The fraction of sp³-hybridized carbons (Fsp3) is 0.333.